The van der Waals surface area contributed by atoms with E-state index < -0.39 is 0 Å². The molecular formula is C6H13N3S. The van der Waals surface area contributed by atoms with Crippen LogP contribution in [0.4, 0.5) is 0 Å². The molecule has 0 spiro atoms. The van der Waals surface area contributed by atoms with E-state index in [-0.39, 0.29) is 5.96 Å². The highest BCUT2D eigenvalue weighted by atomic mass is 32.1. The largest absolute Gasteiger partial charge is 0.370 e. The number of likely N-dealkylation sites (tertiary alicyclic amines) is 1. The Morgan fingerprint density at radius 1 is 1.80 bits per heavy atom. The number of rotatable bonds is 1. The number of thiol groups is 1. The van der Waals surface area contributed by atoms with Crippen molar-refractivity contribution in [1.29, 1.82) is 5.41 Å². The molecule has 3 N–H and O–H groups in total. The summed E-state index contributed by atoms with van der Waals surface area (Å²) in [5.74, 6) is 0.996. The average molecular weight is 159 g/mol. The first-order chi connectivity index (χ1) is 4.75. The van der Waals surface area contributed by atoms with Gasteiger partial charge in [-0.2, -0.15) is 12.6 Å². The smallest absolute Gasteiger partial charge is 0.188 e. The number of hydrogen-bond donors (Lipinski definition) is 3. The Labute approximate surface area is 66.5 Å². The van der Waals surface area contributed by atoms with Crippen molar-refractivity contribution in [2.45, 2.75) is 18.9 Å². The molecule has 0 aliphatic carbocycles. The van der Waals surface area contributed by atoms with Gasteiger partial charge in [0, 0.05) is 18.3 Å². The van der Waals surface area contributed by atoms with E-state index in [1.54, 1.807) is 0 Å². The van der Waals surface area contributed by atoms with Gasteiger partial charge >= 0.3 is 0 Å². The summed E-state index contributed by atoms with van der Waals surface area (Å²) in [4.78, 5) is 1.91. The molecule has 0 radical (unpaired) electrons. The lowest BCUT2D eigenvalue weighted by Gasteiger charge is -2.22. The maximum atomic E-state index is 7.20. The molecule has 1 heterocycles. The molecule has 1 fully saturated rings. The summed E-state index contributed by atoms with van der Waals surface area (Å²) in [5, 5.41) is 7.20. The van der Waals surface area contributed by atoms with Crippen LogP contribution in [0.3, 0.4) is 0 Å². The lowest BCUT2D eigenvalue weighted by molar-refractivity contribution is 0.413. The minimum absolute atomic E-state index is 0.191. The van der Waals surface area contributed by atoms with Gasteiger partial charge in [0.25, 0.3) is 0 Å². The van der Waals surface area contributed by atoms with E-state index in [1.807, 2.05) is 4.90 Å². The quantitative estimate of drug-likeness (QED) is 0.292. The van der Waals surface area contributed by atoms with Crippen LogP contribution in [-0.4, -0.2) is 29.2 Å². The molecule has 0 aromatic carbocycles. The molecule has 1 saturated heterocycles. The standard InChI is InChI=1S/C6H13N3S/c7-6(8)9-3-1-2-5(9)4-10/h5,10H,1-4H2,(H3,7,8). The molecule has 0 amide bonds. The van der Waals surface area contributed by atoms with Gasteiger partial charge in [0.2, 0.25) is 0 Å². The number of nitrogens with two attached hydrogens (primary N) is 1. The summed E-state index contributed by atoms with van der Waals surface area (Å²) < 4.78 is 0. The van der Waals surface area contributed by atoms with E-state index in [4.69, 9.17) is 11.1 Å². The highest BCUT2D eigenvalue weighted by Crippen LogP contribution is 2.16. The summed E-state index contributed by atoms with van der Waals surface area (Å²) in [6.07, 6.45) is 2.27. The molecule has 0 aromatic heterocycles. The molecule has 3 nitrogen and oxygen atoms in total. The van der Waals surface area contributed by atoms with Crippen LogP contribution in [0.5, 0.6) is 0 Å². The lowest BCUT2D eigenvalue weighted by Crippen LogP contribution is -2.40. The number of guanidine groups is 1. The monoisotopic (exact) mass is 159 g/mol. The predicted octanol–water partition coefficient (Wildman–Crippen LogP) is 0.274. The van der Waals surface area contributed by atoms with Gasteiger partial charge < -0.3 is 10.6 Å². The zero-order valence-corrected chi connectivity index (χ0v) is 6.77. The molecule has 58 valence electrons. The SMILES string of the molecule is N=C(N)N1CCCC1CS. The molecule has 0 aromatic rings. The maximum Gasteiger partial charge on any atom is 0.188 e. The van der Waals surface area contributed by atoms with Crippen molar-refractivity contribution in [3.63, 3.8) is 0 Å². The van der Waals surface area contributed by atoms with E-state index in [0.717, 1.165) is 25.1 Å². The van der Waals surface area contributed by atoms with Crippen molar-refractivity contribution < 1.29 is 0 Å². The molecular weight excluding hydrogens is 146 g/mol. The Balaban J connectivity index is 2.50. The third-order valence-electron chi connectivity index (χ3n) is 1.90. The van der Waals surface area contributed by atoms with Crippen LogP contribution in [0.1, 0.15) is 12.8 Å². The van der Waals surface area contributed by atoms with Gasteiger partial charge in [0.1, 0.15) is 0 Å². The van der Waals surface area contributed by atoms with Gasteiger partial charge in [-0.05, 0) is 12.8 Å². The summed E-state index contributed by atoms with van der Waals surface area (Å²) in [7, 11) is 0. The fraction of sp³-hybridized carbons (Fsp3) is 0.833. The Morgan fingerprint density at radius 2 is 2.50 bits per heavy atom. The Morgan fingerprint density at radius 3 is 2.90 bits per heavy atom. The van der Waals surface area contributed by atoms with Crippen molar-refractivity contribution >= 4 is 18.6 Å². The van der Waals surface area contributed by atoms with Gasteiger partial charge in [-0.15, -0.1) is 0 Å². The first kappa shape index (κ1) is 7.72. The van der Waals surface area contributed by atoms with Crippen LogP contribution in [0, 0.1) is 5.41 Å². The average Bonchev–Trinajstić information content (AvgIpc) is 2.33. The molecule has 1 aliphatic rings. The van der Waals surface area contributed by atoms with Crippen molar-refractivity contribution in [3.05, 3.63) is 0 Å². The number of nitrogens with one attached hydrogen (secondary N) is 1. The fourth-order valence-corrected chi connectivity index (χ4v) is 1.72. The van der Waals surface area contributed by atoms with E-state index in [0.29, 0.717) is 6.04 Å². The maximum absolute atomic E-state index is 7.20. The molecule has 10 heavy (non-hydrogen) atoms. The van der Waals surface area contributed by atoms with Crippen LogP contribution in [0.2, 0.25) is 0 Å². The van der Waals surface area contributed by atoms with Gasteiger partial charge in [-0.25, -0.2) is 0 Å². The van der Waals surface area contributed by atoms with Crippen molar-refractivity contribution in [2.75, 3.05) is 12.3 Å². The normalized spacial score (nSPS) is 25.3. The highest BCUT2D eigenvalue weighted by molar-refractivity contribution is 7.80. The molecule has 0 bridgehead atoms. The summed E-state index contributed by atoms with van der Waals surface area (Å²) in [6, 6.07) is 0.404. The van der Waals surface area contributed by atoms with Crippen molar-refractivity contribution in [3.8, 4) is 0 Å². The Kier molecular flexibility index (Phi) is 2.43. The first-order valence-electron chi connectivity index (χ1n) is 3.47. The lowest BCUT2D eigenvalue weighted by atomic mass is 10.2. The molecule has 4 heteroatoms. The third-order valence-corrected chi connectivity index (χ3v) is 2.32. The minimum atomic E-state index is 0.191. The third kappa shape index (κ3) is 1.37. The molecule has 1 aliphatic heterocycles. The van der Waals surface area contributed by atoms with Gasteiger partial charge in [-0.1, -0.05) is 0 Å². The van der Waals surface area contributed by atoms with E-state index in [9.17, 15) is 0 Å². The molecule has 0 saturated carbocycles. The van der Waals surface area contributed by atoms with Crippen LogP contribution < -0.4 is 5.73 Å². The summed E-state index contributed by atoms with van der Waals surface area (Å²) in [5.41, 5.74) is 5.34. The fourth-order valence-electron chi connectivity index (χ4n) is 1.34. The summed E-state index contributed by atoms with van der Waals surface area (Å²) in [6.45, 7) is 0.931. The first-order valence-corrected chi connectivity index (χ1v) is 4.10. The second-order valence-electron chi connectivity index (χ2n) is 2.56. The Hall–Kier alpha value is -0.380. The summed E-state index contributed by atoms with van der Waals surface area (Å²) >= 11 is 4.18. The van der Waals surface area contributed by atoms with Crippen LogP contribution in [0.15, 0.2) is 0 Å². The van der Waals surface area contributed by atoms with Crippen LogP contribution in [0.25, 0.3) is 0 Å². The zero-order chi connectivity index (χ0) is 7.56. The molecule has 1 rings (SSSR count). The van der Waals surface area contributed by atoms with Crippen LogP contribution >= 0.6 is 12.6 Å². The predicted molar refractivity (Wildman–Crippen MR) is 45.5 cm³/mol. The molecule has 1 unspecified atom stereocenters. The van der Waals surface area contributed by atoms with E-state index in [1.165, 1.54) is 0 Å². The van der Waals surface area contributed by atoms with E-state index >= 15 is 0 Å². The van der Waals surface area contributed by atoms with Crippen molar-refractivity contribution in [1.82, 2.24) is 4.90 Å². The van der Waals surface area contributed by atoms with Crippen LogP contribution in [-0.2, 0) is 0 Å². The second kappa shape index (κ2) is 3.14. The van der Waals surface area contributed by atoms with E-state index in [2.05, 4.69) is 12.6 Å². The van der Waals surface area contributed by atoms with Gasteiger partial charge in [0.15, 0.2) is 5.96 Å². The van der Waals surface area contributed by atoms with Crippen molar-refractivity contribution in [2.24, 2.45) is 5.73 Å². The topological polar surface area (TPSA) is 53.1 Å². The Bertz CT molecular complexity index is 137. The zero-order valence-electron chi connectivity index (χ0n) is 5.88. The minimum Gasteiger partial charge on any atom is -0.370 e. The highest BCUT2D eigenvalue weighted by Gasteiger charge is 2.23. The molecule has 1 atom stereocenters. The van der Waals surface area contributed by atoms with Gasteiger partial charge in [-0.3, -0.25) is 5.41 Å². The van der Waals surface area contributed by atoms with Gasteiger partial charge in [0.05, 0.1) is 0 Å². The number of hydrogen-bond acceptors (Lipinski definition) is 2. The number of nitrogens with zero attached hydrogens (tertiary/aromatic N) is 1. The second-order valence-corrected chi connectivity index (χ2v) is 2.92.